The molecule has 2 rings (SSSR count). The number of likely N-dealkylation sites (N-methyl/N-ethyl adjacent to an activating group) is 1. The minimum Gasteiger partial charge on any atom is -0.467 e. The Balaban J connectivity index is 2.27. The normalized spacial score (nSPS) is 10.1. The molecule has 0 fully saturated rings. The van der Waals surface area contributed by atoms with Gasteiger partial charge in [-0.05, 0) is 17.5 Å². The number of hydrogen-bond acceptors (Lipinski definition) is 3. The number of nitrogens with zero attached hydrogens (tertiary/aromatic N) is 1. The second kappa shape index (κ2) is 4.61. The average molecular weight is 216 g/mol. The zero-order chi connectivity index (χ0) is 11.4. The lowest BCUT2D eigenvalue weighted by Gasteiger charge is -2.06. The van der Waals surface area contributed by atoms with E-state index in [0.29, 0.717) is 5.88 Å². The highest BCUT2D eigenvalue weighted by Crippen LogP contribution is 2.21. The van der Waals surface area contributed by atoms with Gasteiger partial charge in [0, 0.05) is 18.6 Å². The molecule has 0 saturated carbocycles. The Morgan fingerprint density at radius 1 is 1.38 bits per heavy atom. The molecule has 0 atom stereocenters. The number of hydrogen-bond donors (Lipinski definition) is 1. The quantitative estimate of drug-likeness (QED) is 0.842. The summed E-state index contributed by atoms with van der Waals surface area (Å²) in [4.78, 5) is 15.2. The summed E-state index contributed by atoms with van der Waals surface area (Å²) >= 11 is 0. The third-order valence-corrected chi connectivity index (χ3v) is 2.26. The molecule has 1 heterocycles. The molecule has 0 radical (unpaired) electrons. The summed E-state index contributed by atoms with van der Waals surface area (Å²) in [7, 11) is 1.57. The molecule has 0 unspecified atom stereocenters. The number of aromatic nitrogens is 1. The van der Waals surface area contributed by atoms with Crippen molar-refractivity contribution in [3.63, 3.8) is 0 Å². The summed E-state index contributed by atoms with van der Waals surface area (Å²) in [6.45, 7) is -0.0164. The van der Waals surface area contributed by atoms with E-state index < -0.39 is 0 Å². The van der Waals surface area contributed by atoms with Crippen LogP contribution in [-0.4, -0.2) is 24.5 Å². The number of ether oxygens (including phenoxy) is 1. The van der Waals surface area contributed by atoms with Crippen LogP contribution in [0.15, 0.2) is 36.5 Å². The number of carbonyl (C=O) groups is 1. The summed E-state index contributed by atoms with van der Waals surface area (Å²) in [5.74, 6) is 0.316. The van der Waals surface area contributed by atoms with E-state index in [1.807, 2.05) is 30.3 Å². The number of fused-ring (bicyclic) bond motifs is 1. The van der Waals surface area contributed by atoms with Crippen molar-refractivity contribution >= 4 is 16.7 Å². The van der Waals surface area contributed by atoms with E-state index in [9.17, 15) is 4.79 Å². The van der Waals surface area contributed by atoms with Gasteiger partial charge in [-0.25, -0.2) is 4.98 Å². The maximum atomic E-state index is 11.1. The van der Waals surface area contributed by atoms with E-state index in [1.165, 1.54) is 0 Å². The molecule has 0 aliphatic carbocycles. The molecule has 0 aliphatic heterocycles. The van der Waals surface area contributed by atoms with Crippen LogP contribution in [0.5, 0.6) is 5.88 Å². The van der Waals surface area contributed by atoms with E-state index >= 15 is 0 Å². The highest BCUT2D eigenvalue weighted by molar-refractivity contribution is 5.87. The topological polar surface area (TPSA) is 51.2 Å². The summed E-state index contributed by atoms with van der Waals surface area (Å²) in [5, 5.41) is 4.45. The van der Waals surface area contributed by atoms with Crippen LogP contribution >= 0.6 is 0 Å². The van der Waals surface area contributed by atoms with E-state index in [0.717, 1.165) is 10.8 Å². The minimum atomic E-state index is -0.172. The van der Waals surface area contributed by atoms with Gasteiger partial charge in [0.2, 0.25) is 5.88 Å². The highest BCUT2D eigenvalue weighted by atomic mass is 16.5. The van der Waals surface area contributed by atoms with Crippen LogP contribution < -0.4 is 10.1 Å². The average Bonchev–Trinajstić information content (AvgIpc) is 2.35. The molecule has 0 saturated heterocycles. The number of nitrogens with one attached hydrogen (secondary N) is 1. The van der Waals surface area contributed by atoms with Gasteiger partial charge >= 0.3 is 0 Å². The lowest BCUT2D eigenvalue weighted by Crippen LogP contribution is -2.25. The molecule has 1 N–H and O–H groups in total. The van der Waals surface area contributed by atoms with Crippen LogP contribution in [0.1, 0.15) is 0 Å². The largest absolute Gasteiger partial charge is 0.467 e. The molecule has 16 heavy (non-hydrogen) atoms. The van der Waals surface area contributed by atoms with Gasteiger partial charge in [0.15, 0.2) is 6.61 Å². The van der Waals surface area contributed by atoms with Gasteiger partial charge in [-0.2, -0.15) is 0 Å². The van der Waals surface area contributed by atoms with Crippen molar-refractivity contribution in [2.75, 3.05) is 13.7 Å². The summed E-state index contributed by atoms with van der Waals surface area (Å²) < 4.78 is 5.35. The lowest BCUT2D eigenvalue weighted by molar-refractivity contribution is -0.122. The molecular weight excluding hydrogens is 204 g/mol. The Labute approximate surface area is 93.3 Å². The summed E-state index contributed by atoms with van der Waals surface area (Å²) in [5.41, 5.74) is 0. The van der Waals surface area contributed by atoms with Crippen molar-refractivity contribution in [1.82, 2.24) is 10.3 Å². The Kier molecular flexibility index (Phi) is 3.00. The predicted molar refractivity (Wildman–Crippen MR) is 61.3 cm³/mol. The van der Waals surface area contributed by atoms with Crippen LogP contribution in [0.3, 0.4) is 0 Å². The van der Waals surface area contributed by atoms with Crippen molar-refractivity contribution in [2.45, 2.75) is 0 Å². The first kappa shape index (κ1) is 10.4. The van der Waals surface area contributed by atoms with Crippen molar-refractivity contribution in [1.29, 1.82) is 0 Å². The molecule has 4 nitrogen and oxygen atoms in total. The zero-order valence-electron chi connectivity index (χ0n) is 8.93. The van der Waals surface area contributed by atoms with Crippen molar-refractivity contribution in [3.05, 3.63) is 36.5 Å². The highest BCUT2D eigenvalue weighted by Gasteiger charge is 2.04. The standard InChI is InChI=1S/C12H12N2O2/c1-13-11(15)8-16-12-10-5-3-2-4-9(10)6-7-14-12/h2-7H,8H2,1H3,(H,13,15). The molecule has 4 heteroatoms. The first-order valence-corrected chi connectivity index (χ1v) is 4.98. The van der Waals surface area contributed by atoms with Gasteiger partial charge < -0.3 is 10.1 Å². The Bertz CT molecular complexity index is 506. The third-order valence-electron chi connectivity index (χ3n) is 2.26. The molecule has 1 aromatic carbocycles. The van der Waals surface area contributed by atoms with Gasteiger partial charge in [-0.3, -0.25) is 4.79 Å². The summed E-state index contributed by atoms with van der Waals surface area (Å²) in [6, 6.07) is 9.66. The fourth-order valence-electron chi connectivity index (χ4n) is 1.41. The van der Waals surface area contributed by atoms with Crippen LogP contribution in [0.2, 0.25) is 0 Å². The molecule has 1 amide bonds. The number of rotatable bonds is 3. The van der Waals surface area contributed by atoms with Gasteiger partial charge in [-0.1, -0.05) is 18.2 Å². The number of amides is 1. The van der Waals surface area contributed by atoms with Gasteiger partial charge in [-0.15, -0.1) is 0 Å². The molecule has 0 spiro atoms. The molecule has 0 bridgehead atoms. The zero-order valence-corrected chi connectivity index (χ0v) is 8.93. The second-order valence-electron chi connectivity index (χ2n) is 3.30. The Morgan fingerprint density at radius 2 is 2.19 bits per heavy atom. The van der Waals surface area contributed by atoms with E-state index in [4.69, 9.17) is 4.74 Å². The summed E-state index contributed by atoms with van der Waals surface area (Å²) in [6.07, 6.45) is 1.67. The SMILES string of the molecule is CNC(=O)COc1nccc2ccccc12. The second-order valence-corrected chi connectivity index (χ2v) is 3.30. The van der Waals surface area contributed by atoms with Crippen LogP contribution in [0.4, 0.5) is 0 Å². The van der Waals surface area contributed by atoms with E-state index in [1.54, 1.807) is 13.2 Å². The maximum Gasteiger partial charge on any atom is 0.257 e. The van der Waals surface area contributed by atoms with Crippen LogP contribution in [0.25, 0.3) is 10.8 Å². The van der Waals surface area contributed by atoms with Crippen molar-refractivity contribution < 1.29 is 9.53 Å². The fraction of sp³-hybridized carbons (Fsp3) is 0.167. The monoisotopic (exact) mass is 216 g/mol. The molecule has 2 aromatic rings. The number of carbonyl (C=O) groups excluding carboxylic acids is 1. The Hall–Kier alpha value is -2.10. The first-order valence-electron chi connectivity index (χ1n) is 4.98. The number of benzene rings is 1. The van der Waals surface area contributed by atoms with Gasteiger partial charge in [0.05, 0.1) is 0 Å². The van der Waals surface area contributed by atoms with E-state index in [-0.39, 0.29) is 12.5 Å². The van der Waals surface area contributed by atoms with Crippen LogP contribution in [0, 0.1) is 0 Å². The Morgan fingerprint density at radius 3 is 3.00 bits per heavy atom. The molecular formula is C12H12N2O2. The van der Waals surface area contributed by atoms with Gasteiger partial charge in [0.25, 0.3) is 5.91 Å². The van der Waals surface area contributed by atoms with Crippen LogP contribution in [-0.2, 0) is 4.79 Å². The molecule has 0 aliphatic rings. The predicted octanol–water partition coefficient (Wildman–Crippen LogP) is 1.36. The molecule has 1 aromatic heterocycles. The van der Waals surface area contributed by atoms with E-state index in [2.05, 4.69) is 10.3 Å². The first-order chi connectivity index (χ1) is 7.81. The van der Waals surface area contributed by atoms with Crippen molar-refractivity contribution in [3.8, 4) is 5.88 Å². The lowest BCUT2D eigenvalue weighted by atomic mass is 10.2. The third kappa shape index (κ3) is 2.11. The smallest absolute Gasteiger partial charge is 0.257 e. The minimum absolute atomic E-state index is 0.0164. The molecule has 82 valence electrons. The van der Waals surface area contributed by atoms with Crippen molar-refractivity contribution in [2.24, 2.45) is 0 Å². The number of pyridine rings is 1. The van der Waals surface area contributed by atoms with Gasteiger partial charge in [0.1, 0.15) is 0 Å². The fourth-order valence-corrected chi connectivity index (χ4v) is 1.41. The maximum absolute atomic E-state index is 11.1.